The summed E-state index contributed by atoms with van der Waals surface area (Å²) in [5.41, 5.74) is 0. The van der Waals surface area contributed by atoms with Crippen molar-refractivity contribution in [1.29, 1.82) is 0 Å². The molecule has 2 aliphatic heterocycles. The molecule has 1 aromatic rings. The Morgan fingerprint density at radius 1 is 1.22 bits per heavy atom. The van der Waals surface area contributed by atoms with Crippen LogP contribution in [0.5, 0.6) is 5.75 Å². The van der Waals surface area contributed by atoms with E-state index in [0.717, 1.165) is 19.3 Å². The molecule has 3 rings (SSSR count). The number of carbonyl (C=O) groups is 1. The van der Waals surface area contributed by atoms with E-state index in [1.165, 1.54) is 0 Å². The molecule has 0 amide bonds. The summed E-state index contributed by atoms with van der Waals surface area (Å²) >= 11 is 5.10. The van der Waals surface area contributed by atoms with Crippen LogP contribution >= 0.6 is 12.2 Å². The number of nitrogens with one attached hydrogen (secondary N) is 2. The van der Waals surface area contributed by atoms with Crippen LogP contribution in [0.2, 0.25) is 0 Å². The molecule has 2 saturated heterocycles. The van der Waals surface area contributed by atoms with Gasteiger partial charge in [-0.2, -0.15) is 0 Å². The highest BCUT2D eigenvalue weighted by atomic mass is 32.1. The summed E-state index contributed by atoms with van der Waals surface area (Å²) in [7, 11) is 0. The zero-order valence-electron chi connectivity index (χ0n) is 13.0. The van der Waals surface area contributed by atoms with Crippen molar-refractivity contribution in [3.63, 3.8) is 0 Å². The van der Waals surface area contributed by atoms with Gasteiger partial charge in [0.05, 0.1) is 12.0 Å². The number of rotatable bonds is 4. The summed E-state index contributed by atoms with van der Waals surface area (Å²) < 4.78 is 11.5. The Bertz CT molecular complexity index is 536. The van der Waals surface area contributed by atoms with Crippen LogP contribution in [0.3, 0.4) is 0 Å². The van der Waals surface area contributed by atoms with Gasteiger partial charge < -0.3 is 20.1 Å². The first-order chi connectivity index (χ1) is 11.2. The lowest BCUT2D eigenvalue weighted by molar-refractivity contribution is -0.149. The predicted octanol–water partition coefficient (Wildman–Crippen LogP) is 1.87. The van der Waals surface area contributed by atoms with Crippen LogP contribution < -0.4 is 15.4 Å². The average molecular weight is 334 g/mol. The second-order valence-electron chi connectivity index (χ2n) is 6.02. The van der Waals surface area contributed by atoms with E-state index < -0.39 is 0 Å². The van der Waals surface area contributed by atoms with E-state index in [2.05, 4.69) is 10.6 Å². The number of benzene rings is 1. The van der Waals surface area contributed by atoms with Crippen molar-refractivity contribution >= 4 is 23.3 Å². The third-order valence-corrected chi connectivity index (χ3v) is 4.70. The molecule has 0 saturated carbocycles. The summed E-state index contributed by atoms with van der Waals surface area (Å²) in [6.07, 6.45) is 2.96. The summed E-state index contributed by atoms with van der Waals surface area (Å²) in [6, 6.07) is 9.20. The number of thiocarbonyl (C=S) groups is 1. The Hall–Kier alpha value is -1.66. The van der Waals surface area contributed by atoms with Crippen molar-refractivity contribution in [2.24, 2.45) is 11.8 Å². The maximum atomic E-state index is 12.8. The molecule has 2 N–H and O–H groups in total. The van der Waals surface area contributed by atoms with Crippen molar-refractivity contribution in [3.8, 4) is 5.75 Å². The van der Waals surface area contributed by atoms with Crippen LogP contribution in [0.4, 0.5) is 0 Å². The zero-order chi connectivity index (χ0) is 16.1. The second kappa shape index (κ2) is 7.75. The van der Waals surface area contributed by atoms with Crippen molar-refractivity contribution in [2.45, 2.75) is 25.4 Å². The van der Waals surface area contributed by atoms with Crippen LogP contribution in [0.1, 0.15) is 19.3 Å². The maximum absolute atomic E-state index is 12.8. The molecule has 0 aliphatic carbocycles. The van der Waals surface area contributed by atoms with Crippen molar-refractivity contribution in [3.05, 3.63) is 30.3 Å². The Morgan fingerprint density at radius 2 is 1.96 bits per heavy atom. The molecule has 2 aliphatic rings. The fraction of sp³-hybridized carbons (Fsp3) is 0.529. The van der Waals surface area contributed by atoms with Gasteiger partial charge in [0.15, 0.2) is 5.11 Å². The molecule has 2 heterocycles. The average Bonchev–Trinajstić information content (AvgIpc) is 2.59. The van der Waals surface area contributed by atoms with Crippen LogP contribution in [0, 0.1) is 11.8 Å². The predicted molar refractivity (Wildman–Crippen MR) is 91.3 cm³/mol. The highest BCUT2D eigenvalue weighted by Gasteiger charge is 2.39. The van der Waals surface area contributed by atoms with Crippen molar-refractivity contribution in [1.82, 2.24) is 10.6 Å². The van der Waals surface area contributed by atoms with Gasteiger partial charge in [-0.15, -0.1) is 0 Å². The standard InChI is InChI=1S/C17H22N2O3S/c20-16(22-13-6-2-1-3-7-13)15(14-8-4-5-9-21-14)12-10-18-17(23)19-11-12/h1-3,6-7,12,14-15H,4-5,8-11H2,(H2,18,19,23). The van der Waals surface area contributed by atoms with Gasteiger partial charge >= 0.3 is 5.97 Å². The fourth-order valence-electron chi connectivity index (χ4n) is 3.21. The van der Waals surface area contributed by atoms with Crippen LogP contribution in [0.15, 0.2) is 30.3 Å². The summed E-state index contributed by atoms with van der Waals surface area (Å²) in [4.78, 5) is 12.8. The lowest BCUT2D eigenvalue weighted by atomic mass is 9.83. The number of hydrogen-bond acceptors (Lipinski definition) is 4. The molecule has 0 spiro atoms. The molecule has 2 fully saturated rings. The summed E-state index contributed by atoms with van der Waals surface area (Å²) in [5, 5.41) is 6.89. The lowest BCUT2D eigenvalue weighted by Gasteiger charge is -2.36. The normalized spacial score (nSPS) is 23.5. The molecule has 2 atom stereocenters. The SMILES string of the molecule is O=C(Oc1ccccc1)C(C1CNC(=S)NC1)C1CCCCO1. The second-order valence-corrected chi connectivity index (χ2v) is 6.42. The van der Waals surface area contributed by atoms with Gasteiger partial charge in [-0.1, -0.05) is 18.2 Å². The molecule has 5 nitrogen and oxygen atoms in total. The summed E-state index contributed by atoms with van der Waals surface area (Å²) in [6.45, 7) is 2.05. The first-order valence-electron chi connectivity index (χ1n) is 8.14. The molecule has 23 heavy (non-hydrogen) atoms. The molecular formula is C17H22N2O3S. The summed E-state index contributed by atoms with van der Waals surface area (Å²) in [5.74, 6) is 0.162. The third-order valence-electron chi connectivity index (χ3n) is 4.41. The Kier molecular flexibility index (Phi) is 5.46. The number of esters is 1. The van der Waals surface area contributed by atoms with E-state index in [-0.39, 0.29) is 23.9 Å². The molecular weight excluding hydrogens is 312 g/mol. The van der Waals surface area contributed by atoms with Crippen LogP contribution in [-0.2, 0) is 9.53 Å². The molecule has 1 aromatic carbocycles. The number of carbonyl (C=O) groups excluding carboxylic acids is 1. The van der Waals surface area contributed by atoms with Gasteiger partial charge in [0, 0.05) is 25.6 Å². The Morgan fingerprint density at radius 3 is 2.61 bits per heavy atom. The van der Waals surface area contributed by atoms with E-state index in [1.807, 2.05) is 18.2 Å². The molecule has 0 radical (unpaired) electrons. The third kappa shape index (κ3) is 4.20. The Labute approximate surface area is 141 Å². The van der Waals surface area contributed by atoms with Crippen LogP contribution in [-0.4, -0.2) is 36.9 Å². The van der Waals surface area contributed by atoms with Gasteiger partial charge in [-0.05, 0) is 43.6 Å². The van der Waals surface area contributed by atoms with Gasteiger partial charge in [-0.25, -0.2) is 0 Å². The van der Waals surface area contributed by atoms with E-state index in [9.17, 15) is 4.79 Å². The minimum Gasteiger partial charge on any atom is -0.426 e. The Balaban J connectivity index is 1.73. The van der Waals surface area contributed by atoms with E-state index in [4.69, 9.17) is 21.7 Å². The molecule has 0 aromatic heterocycles. The van der Waals surface area contributed by atoms with Gasteiger partial charge in [0.25, 0.3) is 0 Å². The van der Waals surface area contributed by atoms with E-state index in [0.29, 0.717) is 30.6 Å². The van der Waals surface area contributed by atoms with Crippen molar-refractivity contribution < 1.29 is 14.3 Å². The maximum Gasteiger partial charge on any atom is 0.317 e. The lowest BCUT2D eigenvalue weighted by Crippen LogP contribution is -2.54. The van der Waals surface area contributed by atoms with Crippen molar-refractivity contribution in [2.75, 3.05) is 19.7 Å². The first-order valence-corrected chi connectivity index (χ1v) is 8.55. The topological polar surface area (TPSA) is 59.6 Å². The van der Waals surface area contributed by atoms with E-state index >= 15 is 0 Å². The number of para-hydroxylation sites is 1. The minimum absolute atomic E-state index is 0.0831. The van der Waals surface area contributed by atoms with Gasteiger partial charge in [0.2, 0.25) is 0 Å². The van der Waals surface area contributed by atoms with Gasteiger partial charge in [0.1, 0.15) is 5.75 Å². The highest BCUT2D eigenvalue weighted by molar-refractivity contribution is 7.80. The number of hydrogen-bond donors (Lipinski definition) is 2. The van der Waals surface area contributed by atoms with Crippen LogP contribution in [0.25, 0.3) is 0 Å². The minimum atomic E-state index is -0.293. The zero-order valence-corrected chi connectivity index (χ0v) is 13.8. The smallest absolute Gasteiger partial charge is 0.317 e. The molecule has 124 valence electrons. The molecule has 6 heteroatoms. The fourth-order valence-corrected chi connectivity index (χ4v) is 3.37. The monoisotopic (exact) mass is 334 g/mol. The quantitative estimate of drug-likeness (QED) is 0.498. The molecule has 0 bridgehead atoms. The van der Waals surface area contributed by atoms with Gasteiger partial charge in [-0.3, -0.25) is 4.79 Å². The van der Waals surface area contributed by atoms with E-state index in [1.54, 1.807) is 12.1 Å². The molecule has 2 unspecified atom stereocenters. The highest BCUT2D eigenvalue weighted by Crippen LogP contribution is 2.28. The first kappa shape index (κ1) is 16.2. The number of ether oxygens (including phenoxy) is 2. The largest absolute Gasteiger partial charge is 0.426 e.